The SMILES string of the molecule is Cc1ccc(NC(=O)CN2C(=O)N[C@](C)(c3cc(F)ccc3F)C2=O)cc1F. The number of carbonyl (C=O) groups is 3. The molecule has 0 bridgehead atoms. The number of hydrogen-bond donors (Lipinski definition) is 2. The predicted octanol–water partition coefficient (Wildman–Crippen LogP) is 2.82. The molecule has 0 radical (unpaired) electrons. The molecular weight excluding hydrogens is 375 g/mol. The lowest BCUT2D eigenvalue weighted by atomic mass is 9.91. The number of halogens is 3. The lowest BCUT2D eigenvalue weighted by molar-refractivity contribution is -0.133. The van der Waals surface area contributed by atoms with Crippen molar-refractivity contribution >= 4 is 23.5 Å². The van der Waals surface area contributed by atoms with Crippen LogP contribution < -0.4 is 10.6 Å². The van der Waals surface area contributed by atoms with Crippen molar-refractivity contribution in [3.63, 3.8) is 0 Å². The Hall–Kier alpha value is -3.36. The van der Waals surface area contributed by atoms with E-state index in [4.69, 9.17) is 0 Å². The van der Waals surface area contributed by atoms with Gasteiger partial charge in [-0.05, 0) is 49.7 Å². The Bertz CT molecular complexity index is 996. The van der Waals surface area contributed by atoms with Gasteiger partial charge in [0.2, 0.25) is 5.91 Å². The van der Waals surface area contributed by atoms with Crippen LogP contribution >= 0.6 is 0 Å². The van der Waals surface area contributed by atoms with Crippen LogP contribution in [0.4, 0.5) is 23.7 Å². The molecule has 1 heterocycles. The molecule has 0 spiro atoms. The minimum atomic E-state index is -1.86. The molecule has 1 fully saturated rings. The monoisotopic (exact) mass is 391 g/mol. The third-order valence-corrected chi connectivity index (χ3v) is 4.50. The fourth-order valence-corrected chi connectivity index (χ4v) is 2.92. The van der Waals surface area contributed by atoms with Gasteiger partial charge in [-0.2, -0.15) is 0 Å². The number of nitrogens with zero attached hydrogens (tertiary/aromatic N) is 1. The molecule has 0 unspecified atom stereocenters. The molecule has 4 amide bonds. The van der Waals surface area contributed by atoms with Crippen LogP contribution in [0.1, 0.15) is 18.1 Å². The van der Waals surface area contributed by atoms with Gasteiger partial charge >= 0.3 is 6.03 Å². The maximum atomic E-state index is 14.1. The molecule has 2 aromatic rings. The minimum Gasteiger partial charge on any atom is -0.324 e. The highest BCUT2D eigenvalue weighted by Gasteiger charge is 2.50. The van der Waals surface area contributed by atoms with Gasteiger partial charge in [-0.25, -0.2) is 18.0 Å². The maximum absolute atomic E-state index is 14.1. The molecular formula is C19H16F3N3O3. The van der Waals surface area contributed by atoms with Gasteiger partial charge in [0.1, 0.15) is 29.5 Å². The maximum Gasteiger partial charge on any atom is 0.325 e. The van der Waals surface area contributed by atoms with E-state index < -0.39 is 47.4 Å². The lowest BCUT2D eigenvalue weighted by Gasteiger charge is -2.22. The van der Waals surface area contributed by atoms with Crippen LogP contribution in [0.15, 0.2) is 36.4 Å². The van der Waals surface area contributed by atoms with E-state index in [-0.39, 0.29) is 11.3 Å². The van der Waals surface area contributed by atoms with Crippen LogP contribution in [-0.2, 0) is 15.1 Å². The van der Waals surface area contributed by atoms with Gasteiger partial charge in [0.15, 0.2) is 0 Å². The van der Waals surface area contributed by atoms with Gasteiger partial charge in [0, 0.05) is 11.3 Å². The fourth-order valence-electron chi connectivity index (χ4n) is 2.92. The Balaban J connectivity index is 1.79. The number of rotatable bonds is 4. The average molecular weight is 391 g/mol. The summed E-state index contributed by atoms with van der Waals surface area (Å²) < 4.78 is 41.2. The molecule has 2 aromatic carbocycles. The van der Waals surface area contributed by atoms with E-state index in [0.29, 0.717) is 10.5 Å². The number of urea groups is 1. The number of carbonyl (C=O) groups excluding carboxylic acids is 3. The standard InChI is InChI=1S/C19H16F3N3O3/c1-10-3-5-12(8-15(10)22)23-16(26)9-25-17(27)19(2,24-18(25)28)13-7-11(20)4-6-14(13)21/h3-8H,9H2,1-2H3,(H,23,26)(H,24,28)/t19-/m1/s1. The Kier molecular flexibility index (Phi) is 4.84. The van der Waals surface area contributed by atoms with Crippen LogP contribution in [0.2, 0.25) is 0 Å². The second-order valence-corrected chi connectivity index (χ2v) is 6.58. The van der Waals surface area contributed by atoms with E-state index in [1.807, 2.05) is 0 Å². The summed E-state index contributed by atoms with van der Waals surface area (Å²) in [6, 6.07) is 5.64. The molecule has 1 saturated heterocycles. The first-order valence-electron chi connectivity index (χ1n) is 8.27. The van der Waals surface area contributed by atoms with Gasteiger partial charge in [0.25, 0.3) is 5.91 Å². The van der Waals surface area contributed by atoms with Crippen LogP contribution in [0.25, 0.3) is 0 Å². The molecule has 9 heteroatoms. The van der Waals surface area contributed by atoms with Crippen LogP contribution in [0, 0.1) is 24.4 Å². The van der Waals surface area contributed by atoms with E-state index >= 15 is 0 Å². The molecule has 3 rings (SSSR count). The highest BCUT2D eigenvalue weighted by Crippen LogP contribution is 2.31. The largest absolute Gasteiger partial charge is 0.325 e. The molecule has 2 N–H and O–H groups in total. The zero-order chi connectivity index (χ0) is 20.6. The number of anilines is 1. The smallest absolute Gasteiger partial charge is 0.324 e. The van der Waals surface area contributed by atoms with E-state index in [2.05, 4.69) is 10.6 Å². The Morgan fingerprint density at radius 2 is 1.82 bits per heavy atom. The lowest BCUT2D eigenvalue weighted by Crippen LogP contribution is -2.42. The van der Waals surface area contributed by atoms with Crippen molar-refractivity contribution in [3.05, 3.63) is 65.0 Å². The predicted molar refractivity (Wildman–Crippen MR) is 93.7 cm³/mol. The number of nitrogens with one attached hydrogen (secondary N) is 2. The molecule has 1 aliphatic heterocycles. The van der Waals surface area contributed by atoms with Crippen molar-refractivity contribution in [1.82, 2.24) is 10.2 Å². The normalized spacial score (nSPS) is 19.0. The summed E-state index contributed by atoms with van der Waals surface area (Å²) in [4.78, 5) is 37.7. The van der Waals surface area contributed by atoms with Gasteiger partial charge in [-0.15, -0.1) is 0 Å². The molecule has 6 nitrogen and oxygen atoms in total. The third kappa shape index (κ3) is 3.42. The summed E-state index contributed by atoms with van der Waals surface area (Å²) in [5.41, 5.74) is -1.67. The first kappa shape index (κ1) is 19.4. The van der Waals surface area contributed by atoms with Crippen LogP contribution in [0.5, 0.6) is 0 Å². The zero-order valence-electron chi connectivity index (χ0n) is 15.0. The summed E-state index contributed by atoms with van der Waals surface area (Å²) in [7, 11) is 0. The molecule has 0 aliphatic carbocycles. The first-order valence-corrected chi connectivity index (χ1v) is 8.27. The van der Waals surface area contributed by atoms with Crippen molar-refractivity contribution in [3.8, 4) is 0 Å². The number of hydrogen-bond acceptors (Lipinski definition) is 3. The van der Waals surface area contributed by atoms with Gasteiger partial charge in [-0.1, -0.05) is 6.07 Å². The van der Waals surface area contributed by atoms with E-state index in [9.17, 15) is 27.6 Å². The number of aryl methyl sites for hydroxylation is 1. The minimum absolute atomic E-state index is 0.152. The molecule has 0 aromatic heterocycles. The van der Waals surface area contributed by atoms with Crippen molar-refractivity contribution in [2.24, 2.45) is 0 Å². The van der Waals surface area contributed by atoms with Gasteiger partial charge < -0.3 is 10.6 Å². The quantitative estimate of drug-likeness (QED) is 0.787. The van der Waals surface area contributed by atoms with Crippen LogP contribution in [-0.4, -0.2) is 29.3 Å². The second kappa shape index (κ2) is 6.99. The topological polar surface area (TPSA) is 78.5 Å². The third-order valence-electron chi connectivity index (χ3n) is 4.50. The summed E-state index contributed by atoms with van der Waals surface area (Å²) in [6.07, 6.45) is 0. The highest BCUT2D eigenvalue weighted by atomic mass is 19.1. The van der Waals surface area contributed by atoms with Crippen molar-refractivity contribution in [2.75, 3.05) is 11.9 Å². The molecule has 146 valence electrons. The summed E-state index contributed by atoms with van der Waals surface area (Å²) in [5.74, 6) is -3.85. The number of imide groups is 1. The molecule has 0 saturated carbocycles. The van der Waals surface area contributed by atoms with Gasteiger partial charge in [-0.3, -0.25) is 14.5 Å². The van der Waals surface area contributed by atoms with Crippen molar-refractivity contribution < 1.29 is 27.6 Å². The number of benzene rings is 2. The Morgan fingerprint density at radius 1 is 1.11 bits per heavy atom. The molecule has 1 atom stereocenters. The first-order chi connectivity index (χ1) is 13.1. The average Bonchev–Trinajstić information content (AvgIpc) is 2.84. The number of amides is 4. The fraction of sp³-hybridized carbons (Fsp3) is 0.211. The highest BCUT2D eigenvalue weighted by molar-refractivity contribution is 6.10. The Morgan fingerprint density at radius 3 is 2.50 bits per heavy atom. The molecule has 28 heavy (non-hydrogen) atoms. The Labute approximate surface area is 158 Å². The van der Waals surface area contributed by atoms with Crippen LogP contribution in [0.3, 0.4) is 0 Å². The molecule has 1 aliphatic rings. The summed E-state index contributed by atoms with van der Waals surface area (Å²) in [6.45, 7) is 2.10. The van der Waals surface area contributed by atoms with Gasteiger partial charge in [0.05, 0.1) is 0 Å². The van der Waals surface area contributed by atoms with Crippen molar-refractivity contribution in [2.45, 2.75) is 19.4 Å². The zero-order valence-corrected chi connectivity index (χ0v) is 15.0. The summed E-state index contributed by atoms with van der Waals surface area (Å²) >= 11 is 0. The van der Waals surface area contributed by atoms with E-state index in [1.54, 1.807) is 6.92 Å². The van der Waals surface area contributed by atoms with E-state index in [0.717, 1.165) is 24.3 Å². The van der Waals surface area contributed by atoms with Crippen molar-refractivity contribution in [1.29, 1.82) is 0 Å². The van der Waals surface area contributed by atoms with E-state index in [1.165, 1.54) is 19.1 Å². The second-order valence-electron chi connectivity index (χ2n) is 6.58. The summed E-state index contributed by atoms with van der Waals surface area (Å²) in [5, 5.41) is 4.67.